The monoisotopic (exact) mass is 168 g/mol. The van der Waals surface area contributed by atoms with Gasteiger partial charge in [-0.3, -0.25) is 0 Å². The minimum absolute atomic E-state index is 0.198. The fraction of sp³-hybridized carbons (Fsp3) is 0.818. The third-order valence-corrected chi connectivity index (χ3v) is 2.93. The van der Waals surface area contributed by atoms with Gasteiger partial charge >= 0.3 is 0 Å². The van der Waals surface area contributed by atoms with Crippen molar-refractivity contribution in [2.75, 3.05) is 6.61 Å². The summed E-state index contributed by atoms with van der Waals surface area (Å²) in [5, 5.41) is 9.35. The third-order valence-electron chi connectivity index (χ3n) is 2.93. The van der Waals surface area contributed by atoms with Gasteiger partial charge < -0.3 is 5.11 Å². The minimum atomic E-state index is 0.198. The van der Waals surface area contributed by atoms with E-state index in [1.807, 2.05) is 0 Å². The van der Waals surface area contributed by atoms with Crippen LogP contribution in [0.25, 0.3) is 0 Å². The van der Waals surface area contributed by atoms with E-state index in [0.29, 0.717) is 6.61 Å². The lowest BCUT2D eigenvalue weighted by Crippen LogP contribution is -2.28. The van der Waals surface area contributed by atoms with E-state index in [2.05, 4.69) is 13.5 Å². The first kappa shape index (κ1) is 9.79. The average molecular weight is 168 g/mol. The van der Waals surface area contributed by atoms with Gasteiger partial charge in [0.15, 0.2) is 0 Å². The van der Waals surface area contributed by atoms with Gasteiger partial charge in [0.05, 0.1) is 0 Å². The van der Waals surface area contributed by atoms with Crippen LogP contribution >= 0.6 is 0 Å². The number of allylic oxidation sites excluding steroid dienone is 1. The normalized spacial score (nSPS) is 22.2. The Labute approximate surface area is 75.5 Å². The number of aliphatic hydroxyl groups excluding tert-OH is 1. The van der Waals surface area contributed by atoms with Gasteiger partial charge in [0.2, 0.25) is 0 Å². The van der Waals surface area contributed by atoms with E-state index in [4.69, 9.17) is 0 Å². The molecule has 1 saturated carbocycles. The quantitative estimate of drug-likeness (QED) is 0.642. The number of aliphatic hydroxyl groups is 1. The molecule has 0 atom stereocenters. The number of hydrogen-bond acceptors (Lipinski definition) is 1. The molecule has 0 heterocycles. The predicted molar refractivity (Wildman–Crippen MR) is 52.0 cm³/mol. The molecule has 0 aromatic heterocycles. The summed E-state index contributed by atoms with van der Waals surface area (Å²) in [5.41, 5.74) is 1.41. The maximum absolute atomic E-state index is 9.35. The van der Waals surface area contributed by atoms with Crippen LogP contribution in [0.3, 0.4) is 0 Å². The molecule has 70 valence electrons. The third kappa shape index (κ3) is 2.34. The van der Waals surface area contributed by atoms with Gasteiger partial charge in [-0.05, 0) is 31.6 Å². The van der Waals surface area contributed by atoms with Crippen molar-refractivity contribution in [3.8, 4) is 0 Å². The van der Waals surface area contributed by atoms with Gasteiger partial charge in [-0.15, -0.1) is 6.58 Å². The van der Waals surface area contributed by atoms with Gasteiger partial charge in [-0.2, -0.15) is 0 Å². The van der Waals surface area contributed by atoms with Gasteiger partial charge in [-0.1, -0.05) is 24.8 Å². The summed E-state index contributed by atoms with van der Waals surface area (Å²) < 4.78 is 0. The van der Waals surface area contributed by atoms with Gasteiger partial charge in [-0.25, -0.2) is 0 Å². The van der Waals surface area contributed by atoms with Crippen LogP contribution in [0, 0.1) is 5.41 Å². The zero-order chi connectivity index (χ0) is 9.03. The molecule has 1 nitrogen and oxygen atoms in total. The lowest BCUT2D eigenvalue weighted by molar-refractivity contribution is 0.0824. The zero-order valence-corrected chi connectivity index (χ0v) is 8.10. The molecule has 0 radical (unpaired) electrons. The van der Waals surface area contributed by atoms with E-state index in [-0.39, 0.29) is 5.41 Å². The molecule has 12 heavy (non-hydrogen) atoms. The Kier molecular flexibility index (Phi) is 3.33. The summed E-state index contributed by atoms with van der Waals surface area (Å²) in [6.07, 6.45) is 7.32. The molecule has 0 unspecified atom stereocenters. The van der Waals surface area contributed by atoms with Crippen molar-refractivity contribution in [2.45, 2.75) is 45.4 Å². The van der Waals surface area contributed by atoms with Crippen LogP contribution in [0.15, 0.2) is 12.2 Å². The molecule has 1 aliphatic rings. The van der Waals surface area contributed by atoms with E-state index in [9.17, 15) is 5.11 Å². The first-order valence-corrected chi connectivity index (χ1v) is 4.94. The molecule has 1 fully saturated rings. The van der Waals surface area contributed by atoms with Crippen LogP contribution in [0.5, 0.6) is 0 Å². The van der Waals surface area contributed by atoms with Crippen LogP contribution < -0.4 is 0 Å². The maximum atomic E-state index is 9.35. The highest BCUT2D eigenvalue weighted by Crippen LogP contribution is 2.40. The van der Waals surface area contributed by atoms with Crippen molar-refractivity contribution in [3.05, 3.63) is 12.2 Å². The maximum Gasteiger partial charge on any atom is 0.0490 e. The molecule has 0 amide bonds. The zero-order valence-electron chi connectivity index (χ0n) is 8.10. The lowest BCUT2D eigenvalue weighted by Gasteiger charge is -2.35. The van der Waals surface area contributed by atoms with E-state index in [1.54, 1.807) is 0 Å². The molecule has 0 aliphatic heterocycles. The molecule has 1 rings (SSSR count). The fourth-order valence-electron chi connectivity index (χ4n) is 2.33. The Bertz CT molecular complexity index is 154. The summed E-state index contributed by atoms with van der Waals surface area (Å²) in [6, 6.07) is 0. The van der Waals surface area contributed by atoms with Crippen LogP contribution in [-0.2, 0) is 0 Å². The Balaban J connectivity index is 2.53. The average Bonchev–Trinajstić information content (AvgIpc) is 2.05. The number of rotatable bonds is 3. The standard InChI is InChI=1S/C11H20O/c1-10(2)8-11(9-12)6-4-3-5-7-11/h12H,1,3-9H2,2H3. The molecule has 0 bridgehead atoms. The van der Waals surface area contributed by atoms with E-state index >= 15 is 0 Å². The highest BCUT2D eigenvalue weighted by atomic mass is 16.3. The summed E-state index contributed by atoms with van der Waals surface area (Å²) in [7, 11) is 0. The first-order chi connectivity index (χ1) is 5.68. The fourth-order valence-corrected chi connectivity index (χ4v) is 2.33. The van der Waals surface area contributed by atoms with Crippen molar-refractivity contribution >= 4 is 0 Å². The molecule has 1 N–H and O–H groups in total. The second-order valence-electron chi connectivity index (χ2n) is 4.35. The van der Waals surface area contributed by atoms with Gasteiger partial charge in [0.25, 0.3) is 0 Å². The molecule has 0 aromatic carbocycles. The van der Waals surface area contributed by atoms with Gasteiger partial charge in [0, 0.05) is 6.61 Å². The largest absolute Gasteiger partial charge is 0.396 e. The highest BCUT2D eigenvalue weighted by Gasteiger charge is 2.30. The molecule has 0 spiro atoms. The molecular formula is C11H20O. The van der Waals surface area contributed by atoms with E-state index < -0.39 is 0 Å². The van der Waals surface area contributed by atoms with Crippen molar-refractivity contribution in [1.82, 2.24) is 0 Å². The SMILES string of the molecule is C=C(C)CC1(CO)CCCCC1. The predicted octanol–water partition coefficient (Wildman–Crippen LogP) is 2.90. The Morgan fingerprint density at radius 3 is 2.33 bits per heavy atom. The second-order valence-corrected chi connectivity index (χ2v) is 4.35. The second kappa shape index (κ2) is 4.08. The summed E-state index contributed by atoms with van der Waals surface area (Å²) in [6.45, 7) is 6.34. The molecule has 0 saturated heterocycles. The number of hydrogen-bond donors (Lipinski definition) is 1. The molecule has 0 aromatic rings. The van der Waals surface area contributed by atoms with Gasteiger partial charge in [0.1, 0.15) is 0 Å². The van der Waals surface area contributed by atoms with Crippen LogP contribution in [0.1, 0.15) is 45.4 Å². The Morgan fingerprint density at radius 1 is 1.33 bits per heavy atom. The van der Waals surface area contributed by atoms with Crippen molar-refractivity contribution < 1.29 is 5.11 Å². The van der Waals surface area contributed by atoms with Crippen LogP contribution in [0.2, 0.25) is 0 Å². The van der Waals surface area contributed by atoms with E-state index in [0.717, 1.165) is 6.42 Å². The summed E-state index contributed by atoms with van der Waals surface area (Å²) in [4.78, 5) is 0. The summed E-state index contributed by atoms with van der Waals surface area (Å²) in [5.74, 6) is 0. The van der Waals surface area contributed by atoms with E-state index in [1.165, 1.54) is 37.7 Å². The van der Waals surface area contributed by atoms with Crippen molar-refractivity contribution in [1.29, 1.82) is 0 Å². The Hall–Kier alpha value is -0.300. The topological polar surface area (TPSA) is 20.2 Å². The first-order valence-electron chi connectivity index (χ1n) is 4.94. The Morgan fingerprint density at radius 2 is 1.92 bits per heavy atom. The van der Waals surface area contributed by atoms with Crippen molar-refractivity contribution in [2.24, 2.45) is 5.41 Å². The smallest absolute Gasteiger partial charge is 0.0490 e. The molecular weight excluding hydrogens is 148 g/mol. The lowest BCUT2D eigenvalue weighted by atomic mass is 9.71. The van der Waals surface area contributed by atoms with Crippen molar-refractivity contribution in [3.63, 3.8) is 0 Å². The summed E-state index contributed by atoms with van der Waals surface area (Å²) >= 11 is 0. The van der Waals surface area contributed by atoms with Crippen LogP contribution in [0.4, 0.5) is 0 Å². The highest BCUT2D eigenvalue weighted by molar-refractivity contribution is 4.97. The minimum Gasteiger partial charge on any atom is -0.396 e. The molecule has 1 heteroatoms. The molecule has 1 aliphatic carbocycles. The van der Waals surface area contributed by atoms with Crippen LogP contribution in [-0.4, -0.2) is 11.7 Å².